The predicted octanol–water partition coefficient (Wildman–Crippen LogP) is 4.78. The molecule has 138 valence electrons. The molecule has 5 nitrogen and oxygen atoms in total. The zero-order valence-electron chi connectivity index (χ0n) is 15.1. The first-order valence-corrected chi connectivity index (χ1v) is 9.42. The summed E-state index contributed by atoms with van der Waals surface area (Å²) >= 11 is 6.23. The van der Waals surface area contributed by atoms with E-state index in [-0.39, 0.29) is 12.1 Å². The molecule has 0 fully saturated rings. The first kappa shape index (κ1) is 17.6. The van der Waals surface area contributed by atoms with E-state index in [0.29, 0.717) is 18.1 Å². The molecule has 2 amide bonds. The van der Waals surface area contributed by atoms with Gasteiger partial charge >= 0.3 is 6.03 Å². The molecular formula is C21H21ClN4O. The summed E-state index contributed by atoms with van der Waals surface area (Å²) in [4.78, 5) is 22.0. The first-order valence-electron chi connectivity index (χ1n) is 9.05. The van der Waals surface area contributed by atoms with Gasteiger partial charge in [0, 0.05) is 41.5 Å². The Bertz CT molecular complexity index is 1010. The number of benzene rings is 1. The van der Waals surface area contributed by atoms with Crippen molar-refractivity contribution in [2.75, 3.05) is 13.1 Å². The summed E-state index contributed by atoms with van der Waals surface area (Å²) in [7, 11) is 0. The second-order valence-corrected chi connectivity index (χ2v) is 7.13. The van der Waals surface area contributed by atoms with Crippen LogP contribution in [0.15, 0.2) is 54.9 Å². The van der Waals surface area contributed by atoms with Crippen molar-refractivity contribution in [3.05, 3.63) is 71.0 Å². The average molecular weight is 381 g/mol. The Kier molecular flexibility index (Phi) is 4.86. The van der Waals surface area contributed by atoms with Crippen molar-refractivity contribution in [2.24, 2.45) is 0 Å². The van der Waals surface area contributed by atoms with E-state index in [2.05, 4.69) is 27.4 Å². The fraction of sp³-hybridized carbons (Fsp3) is 0.238. The Morgan fingerprint density at radius 3 is 2.93 bits per heavy atom. The summed E-state index contributed by atoms with van der Waals surface area (Å²) in [5.41, 5.74) is 4.23. The fourth-order valence-electron chi connectivity index (χ4n) is 3.50. The second kappa shape index (κ2) is 7.45. The van der Waals surface area contributed by atoms with Gasteiger partial charge in [-0.05, 0) is 42.7 Å². The van der Waals surface area contributed by atoms with Gasteiger partial charge in [-0.15, -0.1) is 0 Å². The number of urea groups is 1. The molecule has 0 radical (unpaired) electrons. The van der Waals surface area contributed by atoms with E-state index in [1.54, 1.807) is 6.20 Å². The number of pyridine rings is 1. The number of aromatic amines is 1. The highest BCUT2D eigenvalue weighted by Crippen LogP contribution is 2.28. The molecule has 0 saturated heterocycles. The van der Waals surface area contributed by atoms with Gasteiger partial charge in [-0.3, -0.25) is 0 Å². The Hall–Kier alpha value is -2.79. The molecule has 2 aromatic heterocycles. The maximum absolute atomic E-state index is 12.6. The summed E-state index contributed by atoms with van der Waals surface area (Å²) in [5.74, 6) is 0. The molecule has 0 aliphatic carbocycles. The molecule has 1 aliphatic rings. The van der Waals surface area contributed by atoms with Gasteiger partial charge in [0.05, 0.1) is 6.04 Å². The van der Waals surface area contributed by atoms with Crippen molar-refractivity contribution in [1.82, 2.24) is 20.2 Å². The van der Waals surface area contributed by atoms with Crippen LogP contribution in [-0.4, -0.2) is 34.0 Å². The average Bonchev–Trinajstić information content (AvgIpc) is 3.12. The van der Waals surface area contributed by atoms with Crippen LogP contribution in [0.25, 0.3) is 16.6 Å². The van der Waals surface area contributed by atoms with E-state index >= 15 is 0 Å². The number of nitrogens with zero attached hydrogens (tertiary/aromatic N) is 2. The van der Waals surface area contributed by atoms with Crippen LogP contribution >= 0.6 is 11.6 Å². The normalized spacial score (nSPS) is 15.5. The Morgan fingerprint density at radius 2 is 2.15 bits per heavy atom. The molecule has 1 aliphatic heterocycles. The van der Waals surface area contributed by atoms with E-state index in [9.17, 15) is 4.79 Å². The van der Waals surface area contributed by atoms with Crippen molar-refractivity contribution in [2.45, 2.75) is 19.4 Å². The number of nitrogens with one attached hydrogen (secondary N) is 2. The summed E-state index contributed by atoms with van der Waals surface area (Å²) in [5, 5.41) is 4.83. The molecule has 0 spiro atoms. The van der Waals surface area contributed by atoms with Crippen LogP contribution in [-0.2, 0) is 0 Å². The number of hydrogen-bond donors (Lipinski definition) is 2. The van der Waals surface area contributed by atoms with Gasteiger partial charge in [0.1, 0.15) is 5.65 Å². The van der Waals surface area contributed by atoms with Crippen molar-refractivity contribution < 1.29 is 4.79 Å². The van der Waals surface area contributed by atoms with Crippen LogP contribution in [0.1, 0.15) is 30.5 Å². The molecule has 2 N–H and O–H groups in total. The molecule has 1 atom stereocenters. The topological polar surface area (TPSA) is 61.0 Å². The number of aromatic nitrogens is 2. The van der Waals surface area contributed by atoms with E-state index in [1.807, 2.05) is 48.4 Å². The highest BCUT2D eigenvalue weighted by molar-refractivity contribution is 6.31. The van der Waals surface area contributed by atoms with Gasteiger partial charge in [0.15, 0.2) is 0 Å². The van der Waals surface area contributed by atoms with Gasteiger partial charge in [-0.2, -0.15) is 0 Å². The zero-order chi connectivity index (χ0) is 18.8. The maximum atomic E-state index is 12.6. The molecular weight excluding hydrogens is 360 g/mol. The number of H-pyrrole nitrogens is 1. The van der Waals surface area contributed by atoms with Crippen molar-refractivity contribution in [1.29, 1.82) is 0 Å². The second-order valence-electron chi connectivity index (χ2n) is 6.72. The fourth-order valence-corrected chi connectivity index (χ4v) is 3.80. The van der Waals surface area contributed by atoms with Crippen LogP contribution in [0.4, 0.5) is 4.79 Å². The monoisotopic (exact) mass is 380 g/mol. The van der Waals surface area contributed by atoms with Gasteiger partial charge in [-0.25, -0.2) is 9.78 Å². The van der Waals surface area contributed by atoms with Crippen molar-refractivity contribution in [3.8, 4) is 0 Å². The van der Waals surface area contributed by atoms with E-state index in [1.165, 1.54) is 11.1 Å². The van der Waals surface area contributed by atoms with Crippen LogP contribution in [0.3, 0.4) is 0 Å². The first-order chi connectivity index (χ1) is 13.1. The standard InChI is InChI=1S/C21H21ClN4O/c1-14(16-5-2-3-7-19(16)22)25-21(27)26-11-8-15(9-12-26)18-13-24-20-17(18)6-4-10-23-20/h2-8,10,13-14H,9,11-12H2,1H3,(H,23,24)(H,25,27). The SMILES string of the molecule is CC(NC(=O)N1CC=C(c2c[nH]c3ncccc23)CC1)c1ccccc1Cl. The number of carbonyl (C=O) groups excluding carboxylic acids is 1. The zero-order valence-corrected chi connectivity index (χ0v) is 15.8. The third kappa shape index (κ3) is 3.55. The van der Waals surface area contributed by atoms with Gasteiger partial charge in [-0.1, -0.05) is 35.9 Å². The highest BCUT2D eigenvalue weighted by atomic mass is 35.5. The quantitative estimate of drug-likeness (QED) is 0.687. The number of carbonyl (C=O) groups is 1. The van der Waals surface area contributed by atoms with Gasteiger partial charge in [0.25, 0.3) is 0 Å². The lowest BCUT2D eigenvalue weighted by molar-refractivity contribution is 0.200. The molecule has 6 heteroatoms. The third-order valence-electron chi connectivity index (χ3n) is 5.01. The summed E-state index contributed by atoms with van der Waals surface area (Å²) in [6.07, 6.45) is 6.72. The predicted molar refractivity (Wildman–Crippen MR) is 109 cm³/mol. The van der Waals surface area contributed by atoms with Crippen molar-refractivity contribution >= 4 is 34.2 Å². The molecule has 3 heterocycles. The molecule has 0 bridgehead atoms. The summed E-state index contributed by atoms with van der Waals surface area (Å²) in [6.45, 7) is 3.21. The number of rotatable bonds is 3. The molecule has 1 unspecified atom stereocenters. The maximum Gasteiger partial charge on any atom is 0.318 e. The van der Waals surface area contributed by atoms with Gasteiger partial charge in [0.2, 0.25) is 0 Å². The van der Waals surface area contributed by atoms with Crippen molar-refractivity contribution in [3.63, 3.8) is 0 Å². The minimum Gasteiger partial charge on any atom is -0.346 e. The number of hydrogen-bond acceptors (Lipinski definition) is 2. The molecule has 1 aromatic carbocycles. The molecule has 0 saturated carbocycles. The van der Waals surface area contributed by atoms with Crippen LogP contribution in [0.2, 0.25) is 5.02 Å². The van der Waals surface area contributed by atoms with Gasteiger partial charge < -0.3 is 15.2 Å². The Balaban J connectivity index is 1.44. The summed E-state index contributed by atoms with van der Waals surface area (Å²) < 4.78 is 0. The number of fused-ring (bicyclic) bond motifs is 1. The molecule has 4 rings (SSSR count). The minimum atomic E-state index is -0.142. The van der Waals surface area contributed by atoms with E-state index in [0.717, 1.165) is 23.0 Å². The number of amides is 2. The third-order valence-corrected chi connectivity index (χ3v) is 5.35. The largest absolute Gasteiger partial charge is 0.346 e. The lowest BCUT2D eigenvalue weighted by Gasteiger charge is -2.28. The van der Waals surface area contributed by atoms with Crippen LogP contribution < -0.4 is 5.32 Å². The number of halogens is 1. The lowest BCUT2D eigenvalue weighted by atomic mass is 10.00. The van der Waals surface area contributed by atoms with Crippen LogP contribution in [0.5, 0.6) is 0 Å². The van der Waals surface area contributed by atoms with E-state index in [4.69, 9.17) is 11.6 Å². The summed E-state index contributed by atoms with van der Waals surface area (Å²) in [6, 6.07) is 11.4. The Morgan fingerprint density at radius 1 is 1.30 bits per heavy atom. The smallest absolute Gasteiger partial charge is 0.318 e. The lowest BCUT2D eigenvalue weighted by Crippen LogP contribution is -2.43. The van der Waals surface area contributed by atoms with Crippen LogP contribution in [0, 0.1) is 0 Å². The molecule has 3 aromatic rings. The van der Waals surface area contributed by atoms with E-state index < -0.39 is 0 Å². The Labute approximate surface area is 163 Å². The highest BCUT2D eigenvalue weighted by Gasteiger charge is 2.21. The molecule has 27 heavy (non-hydrogen) atoms. The minimum absolute atomic E-state index is 0.0710.